The van der Waals surface area contributed by atoms with E-state index >= 15 is 0 Å². The monoisotopic (exact) mass is 534 g/mol. The molecule has 4 N–H and O–H groups in total. The lowest BCUT2D eigenvalue weighted by atomic mass is 10.0. The van der Waals surface area contributed by atoms with Gasteiger partial charge in [0.1, 0.15) is 0 Å². The van der Waals surface area contributed by atoms with Crippen molar-refractivity contribution in [2.45, 2.75) is 81.1 Å². The van der Waals surface area contributed by atoms with Crippen molar-refractivity contribution in [2.24, 2.45) is 0 Å². The second-order valence-corrected chi connectivity index (χ2v) is 10.2. The maximum absolute atomic E-state index is 12.2. The lowest BCUT2D eigenvalue weighted by molar-refractivity contribution is -0.117. The van der Waals surface area contributed by atoms with E-state index < -0.39 is 0 Å². The summed E-state index contributed by atoms with van der Waals surface area (Å²) in [6, 6.07) is 0. The largest absolute Gasteiger partial charge is 0.348 e. The molecule has 0 spiro atoms. The molecule has 2 amide bonds. The SMILES string of the molecule is CCC1=C(C)C(=O)N/C1=C\c1[nH]c(C#CC#Cc2[nH]c(/C=C3/NC(=O)C(C)=C3CC)c(CC)c2C)c(C)c1CC. The molecule has 0 fully saturated rings. The third kappa shape index (κ3) is 5.23. The third-order valence-corrected chi connectivity index (χ3v) is 7.99. The molecule has 2 aliphatic heterocycles. The average Bonchev–Trinajstić information content (AvgIpc) is 3.58. The smallest absolute Gasteiger partial charge is 0.251 e. The van der Waals surface area contributed by atoms with Crippen LogP contribution in [0.5, 0.6) is 0 Å². The van der Waals surface area contributed by atoms with Crippen molar-refractivity contribution in [1.82, 2.24) is 20.6 Å². The van der Waals surface area contributed by atoms with Crippen LogP contribution in [0.2, 0.25) is 0 Å². The van der Waals surface area contributed by atoms with Crippen LogP contribution < -0.4 is 10.6 Å². The van der Waals surface area contributed by atoms with Crippen LogP contribution in [0.15, 0.2) is 33.7 Å². The van der Waals surface area contributed by atoms with Crippen LogP contribution in [0.4, 0.5) is 0 Å². The molecular weight excluding hydrogens is 496 g/mol. The Balaban J connectivity index is 1.63. The fourth-order valence-electron chi connectivity index (χ4n) is 5.62. The zero-order valence-corrected chi connectivity index (χ0v) is 24.8. The molecule has 4 heterocycles. The number of nitrogens with one attached hydrogen (secondary N) is 4. The van der Waals surface area contributed by atoms with Gasteiger partial charge in [0.15, 0.2) is 0 Å². The van der Waals surface area contributed by atoms with Gasteiger partial charge < -0.3 is 20.6 Å². The van der Waals surface area contributed by atoms with E-state index in [0.29, 0.717) is 0 Å². The van der Waals surface area contributed by atoms with Crippen LogP contribution in [-0.2, 0) is 22.4 Å². The van der Waals surface area contributed by atoms with Gasteiger partial charge >= 0.3 is 0 Å². The minimum absolute atomic E-state index is 0.0321. The van der Waals surface area contributed by atoms with E-state index in [1.54, 1.807) is 0 Å². The van der Waals surface area contributed by atoms with E-state index in [0.717, 1.165) is 93.3 Å². The normalized spacial score (nSPS) is 16.9. The van der Waals surface area contributed by atoms with Crippen molar-refractivity contribution in [3.05, 3.63) is 78.7 Å². The predicted octanol–water partition coefficient (Wildman–Crippen LogP) is 5.88. The molecule has 206 valence electrons. The summed E-state index contributed by atoms with van der Waals surface area (Å²) in [4.78, 5) is 31.3. The first-order valence-electron chi connectivity index (χ1n) is 14.1. The Bertz CT molecular complexity index is 1530. The van der Waals surface area contributed by atoms with Gasteiger partial charge in [0, 0.05) is 33.9 Å². The molecule has 4 rings (SSSR count). The lowest BCUT2D eigenvalue weighted by Crippen LogP contribution is -2.15. The van der Waals surface area contributed by atoms with Crippen molar-refractivity contribution in [2.75, 3.05) is 0 Å². The average molecular weight is 535 g/mol. The minimum atomic E-state index is -0.0321. The Morgan fingerprint density at radius 3 is 1.30 bits per heavy atom. The second-order valence-electron chi connectivity index (χ2n) is 10.2. The highest BCUT2D eigenvalue weighted by Gasteiger charge is 2.24. The number of carbonyl (C=O) groups excluding carboxylic acids is 2. The number of aromatic amines is 2. The number of amides is 2. The van der Waals surface area contributed by atoms with Gasteiger partial charge in [-0.25, -0.2) is 0 Å². The molecule has 2 aromatic heterocycles. The van der Waals surface area contributed by atoms with Gasteiger partial charge in [0.25, 0.3) is 11.8 Å². The Hall–Kier alpha value is -4.42. The Labute approximate surface area is 237 Å². The summed E-state index contributed by atoms with van der Waals surface area (Å²) in [5, 5.41) is 5.98. The maximum Gasteiger partial charge on any atom is 0.251 e. The van der Waals surface area contributed by atoms with Crippen LogP contribution in [0.25, 0.3) is 12.2 Å². The van der Waals surface area contributed by atoms with Gasteiger partial charge in [-0.15, -0.1) is 0 Å². The summed E-state index contributed by atoms with van der Waals surface area (Å²) in [6.45, 7) is 16.2. The van der Waals surface area contributed by atoms with Gasteiger partial charge in [-0.2, -0.15) is 0 Å². The predicted molar refractivity (Wildman–Crippen MR) is 162 cm³/mol. The molecule has 0 saturated carbocycles. The molecule has 2 aliphatic rings. The van der Waals surface area contributed by atoms with Crippen LogP contribution in [-0.4, -0.2) is 21.8 Å². The number of H-pyrrole nitrogens is 2. The molecule has 0 saturated heterocycles. The summed E-state index contributed by atoms with van der Waals surface area (Å²) < 4.78 is 0. The van der Waals surface area contributed by atoms with Gasteiger partial charge in [0.2, 0.25) is 0 Å². The standard InChI is InChI=1S/C34H38N4O2/c1-9-23-19(5)27(35-29(23)17-31-25(11-3)21(7)33(39)37-31)15-13-14-16-28-20(6)24(10-2)30(36-28)18-32-26(12-4)22(8)34(40)38-32/h17-18,35-36H,9-12H2,1-8H3,(H,37,39)(H,38,40)/b31-17-,32-18+. The van der Waals surface area contributed by atoms with E-state index in [-0.39, 0.29) is 11.8 Å². The van der Waals surface area contributed by atoms with E-state index in [9.17, 15) is 9.59 Å². The topological polar surface area (TPSA) is 89.8 Å². The number of aromatic nitrogens is 2. The first-order valence-corrected chi connectivity index (χ1v) is 14.1. The zero-order valence-electron chi connectivity index (χ0n) is 24.8. The highest BCUT2D eigenvalue weighted by Crippen LogP contribution is 2.29. The van der Waals surface area contributed by atoms with Crippen molar-refractivity contribution in [1.29, 1.82) is 0 Å². The number of rotatable bonds is 6. The molecular formula is C34H38N4O2. The quantitative estimate of drug-likeness (QED) is 0.349. The maximum atomic E-state index is 12.2. The van der Waals surface area contributed by atoms with Crippen molar-refractivity contribution in [3.63, 3.8) is 0 Å². The summed E-state index contributed by atoms with van der Waals surface area (Å²) in [5.74, 6) is 12.4. The van der Waals surface area contributed by atoms with Crippen LogP contribution in [0.3, 0.4) is 0 Å². The zero-order chi connectivity index (χ0) is 29.1. The number of allylic oxidation sites excluding steroid dienone is 2. The molecule has 40 heavy (non-hydrogen) atoms. The summed E-state index contributed by atoms with van der Waals surface area (Å²) >= 11 is 0. The first kappa shape index (κ1) is 28.6. The van der Waals surface area contributed by atoms with E-state index in [4.69, 9.17) is 0 Å². The summed E-state index contributed by atoms with van der Waals surface area (Å²) in [7, 11) is 0. The number of hydrogen-bond donors (Lipinski definition) is 4. The second kappa shape index (κ2) is 11.8. The Morgan fingerprint density at radius 1 is 0.600 bits per heavy atom. The van der Waals surface area contributed by atoms with Crippen molar-refractivity contribution >= 4 is 24.0 Å². The van der Waals surface area contributed by atoms with Gasteiger partial charge in [-0.3, -0.25) is 9.59 Å². The fraction of sp³-hybridized carbons (Fsp3) is 0.353. The summed E-state index contributed by atoms with van der Waals surface area (Å²) in [5.41, 5.74) is 13.5. The Morgan fingerprint density at radius 2 is 0.975 bits per heavy atom. The van der Waals surface area contributed by atoms with Crippen LogP contribution in [0.1, 0.15) is 99.4 Å². The molecule has 0 bridgehead atoms. The molecule has 2 aromatic rings. The Kier molecular flexibility index (Phi) is 8.40. The molecule has 6 nitrogen and oxygen atoms in total. The van der Waals surface area contributed by atoms with Crippen molar-refractivity contribution in [3.8, 4) is 23.7 Å². The molecule has 0 atom stereocenters. The van der Waals surface area contributed by atoms with Crippen LogP contribution >= 0.6 is 0 Å². The first-order chi connectivity index (χ1) is 19.1. The van der Waals surface area contributed by atoms with Crippen molar-refractivity contribution < 1.29 is 9.59 Å². The molecule has 6 heteroatoms. The van der Waals surface area contributed by atoms with Gasteiger partial charge in [-0.05, 0) is 123 Å². The summed E-state index contributed by atoms with van der Waals surface area (Å²) in [6.07, 6.45) is 7.33. The molecule has 0 radical (unpaired) electrons. The lowest BCUT2D eigenvalue weighted by Gasteiger charge is -2.04. The molecule has 0 aliphatic carbocycles. The highest BCUT2D eigenvalue weighted by molar-refractivity contribution is 6.01. The van der Waals surface area contributed by atoms with Gasteiger partial charge in [0.05, 0.1) is 11.4 Å². The number of carbonyl (C=O) groups is 2. The van der Waals surface area contributed by atoms with E-state index in [1.165, 1.54) is 11.1 Å². The van der Waals surface area contributed by atoms with Crippen LogP contribution in [0, 0.1) is 37.5 Å². The van der Waals surface area contributed by atoms with E-state index in [1.807, 2.05) is 26.0 Å². The highest BCUT2D eigenvalue weighted by atomic mass is 16.2. The number of hydrogen-bond acceptors (Lipinski definition) is 2. The van der Waals surface area contributed by atoms with E-state index in [2.05, 4.69) is 85.8 Å². The fourth-order valence-corrected chi connectivity index (χ4v) is 5.62. The van der Waals surface area contributed by atoms with Gasteiger partial charge in [-0.1, -0.05) is 27.7 Å². The minimum Gasteiger partial charge on any atom is -0.348 e. The third-order valence-electron chi connectivity index (χ3n) is 7.99. The molecule has 0 aromatic carbocycles. The molecule has 0 unspecified atom stereocenters.